The first-order chi connectivity index (χ1) is 7.52. The Hall–Kier alpha value is -1.36. The van der Waals surface area contributed by atoms with Crippen molar-refractivity contribution in [2.24, 2.45) is 0 Å². The van der Waals surface area contributed by atoms with Gasteiger partial charge in [0.2, 0.25) is 0 Å². The zero-order chi connectivity index (χ0) is 12.1. The van der Waals surface area contributed by atoms with Gasteiger partial charge < -0.3 is 9.84 Å². The summed E-state index contributed by atoms with van der Waals surface area (Å²) in [5.74, 6) is -1.59. The van der Waals surface area contributed by atoms with Crippen molar-refractivity contribution in [3.63, 3.8) is 0 Å². The number of halogens is 1. The number of hydrogen-bond acceptors (Lipinski definition) is 3. The maximum absolute atomic E-state index is 10.9. The number of carbonyl (C=O) groups is 2. The summed E-state index contributed by atoms with van der Waals surface area (Å²) in [6.07, 6.45) is -0.823. The minimum atomic E-state index is -1.07. The van der Waals surface area contributed by atoms with E-state index in [2.05, 4.69) is 15.9 Å². The summed E-state index contributed by atoms with van der Waals surface area (Å²) < 4.78 is 4.99. The molecule has 0 aliphatic rings. The molecule has 0 aromatic heterocycles. The average Bonchev–Trinajstić information content (AvgIpc) is 2.26. The van der Waals surface area contributed by atoms with E-state index >= 15 is 0 Å². The van der Waals surface area contributed by atoms with E-state index in [0.717, 1.165) is 0 Å². The lowest BCUT2D eigenvalue weighted by Crippen LogP contribution is -2.25. The van der Waals surface area contributed by atoms with Crippen LogP contribution >= 0.6 is 15.9 Å². The van der Waals surface area contributed by atoms with Crippen LogP contribution in [0, 0.1) is 0 Å². The third kappa shape index (κ3) is 3.34. The summed E-state index contributed by atoms with van der Waals surface area (Å²) in [6, 6.07) is 8.74. The number of hydrogen-bond donors (Lipinski definition) is 1. The van der Waals surface area contributed by atoms with Gasteiger partial charge in [-0.05, 0) is 5.56 Å². The van der Waals surface area contributed by atoms with Gasteiger partial charge >= 0.3 is 11.9 Å². The van der Waals surface area contributed by atoms with Crippen LogP contribution < -0.4 is 0 Å². The number of rotatable bonds is 4. The molecule has 0 aliphatic heterocycles. The maximum Gasteiger partial charge on any atom is 0.321 e. The van der Waals surface area contributed by atoms with Crippen LogP contribution in [0.2, 0.25) is 0 Å². The predicted molar refractivity (Wildman–Crippen MR) is 61.3 cm³/mol. The standard InChI is InChI=1S/C11H11BrO4/c1-7(13)16-10(9(12)11(14)15)8-5-3-2-4-6-8/h2-6,9-10H,1H3,(H,14,15)/t9-,10-/m0/s1. The Labute approximate surface area is 101 Å². The second kappa shape index (κ2) is 5.65. The molecule has 0 radical (unpaired) electrons. The average molecular weight is 287 g/mol. The first-order valence-corrected chi connectivity index (χ1v) is 5.53. The molecule has 5 heteroatoms. The third-order valence-corrected chi connectivity index (χ3v) is 2.79. The molecule has 0 bridgehead atoms. The molecule has 4 nitrogen and oxygen atoms in total. The Morgan fingerprint density at radius 2 is 1.88 bits per heavy atom. The van der Waals surface area contributed by atoms with Crippen molar-refractivity contribution in [2.75, 3.05) is 0 Å². The van der Waals surface area contributed by atoms with Crippen molar-refractivity contribution >= 4 is 27.9 Å². The van der Waals surface area contributed by atoms with E-state index in [-0.39, 0.29) is 0 Å². The number of carboxylic acid groups (broad SMARTS) is 1. The Bertz CT molecular complexity index is 377. The van der Waals surface area contributed by atoms with Crippen LogP contribution in [-0.2, 0) is 14.3 Å². The lowest BCUT2D eigenvalue weighted by Gasteiger charge is -2.19. The molecule has 1 rings (SSSR count). The monoisotopic (exact) mass is 286 g/mol. The molecule has 0 unspecified atom stereocenters. The highest BCUT2D eigenvalue weighted by molar-refractivity contribution is 9.10. The molecule has 2 atom stereocenters. The van der Waals surface area contributed by atoms with Crippen LogP contribution in [-0.4, -0.2) is 21.9 Å². The van der Waals surface area contributed by atoms with Crippen LogP contribution in [0.25, 0.3) is 0 Å². The highest BCUT2D eigenvalue weighted by Crippen LogP contribution is 2.26. The largest absolute Gasteiger partial charge is 0.480 e. The number of esters is 1. The Balaban J connectivity index is 2.96. The van der Waals surface area contributed by atoms with Gasteiger partial charge in [-0.3, -0.25) is 9.59 Å². The van der Waals surface area contributed by atoms with Gasteiger partial charge in [-0.15, -0.1) is 0 Å². The van der Waals surface area contributed by atoms with Crippen molar-refractivity contribution in [1.29, 1.82) is 0 Å². The molecule has 0 aliphatic carbocycles. The van der Waals surface area contributed by atoms with Gasteiger partial charge in [0, 0.05) is 6.92 Å². The molecule has 1 aromatic rings. The normalized spacial score (nSPS) is 13.9. The van der Waals surface area contributed by atoms with E-state index < -0.39 is 22.9 Å². The van der Waals surface area contributed by atoms with Gasteiger partial charge in [0.15, 0.2) is 4.83 Å². The smallest absolute Gasteiger partial charge is 0.321 e. The number of ether oxygens (including phenoxy) is 1. The molecule has 0 saturated heterocycles. The molecule has 0 fully saturated rings. The van der Waals surface area contributed by atoms with Gasteiger partial charge in [-0.1, -0.05) is 46.3 Å². The van der Waals surface area contributed by atoms with Crippen molar-refractivity contribution in [2.45, 2.75) is 17.9 Å². The van der Waals surface area contributed by atoms with Gasteiger partial charge in [0.25, 0.3) is 0 Å². The molecule has 1 N–H and O–H groups in total. The van der Waals surface area contributed by atoms with Gasteiger partial charge in [-0.25, -0.2) is 0 Å². The maximum atomic E-state index is 10.9. The molecule has 0 spiro atoms. The van der Waals surface area contributed by atoms with Crippen molar-refractivity contribution in [3.05, 3.63) is 35.9 Å². The van der Waals surface area contributed by atoms with Crippen LogP contribution in [0.4, 0.5) is 0 Å². The zero-order valence-corrected chi connectivity index (χ0v) is 10.2. The molecule has 16 heavy (non-hydrogen) atoms. The first kappa shape index (κ1) is 12.7. The number of carboxylic acids is 1. The van der Waals surface area contributed by atoms with E-state index in [1.54, 1.807) is 30.3 Å². The van der Waals surface area contributed by atoms with Crippen molar-refractivity contribution in [3.8, 4) is 0 Å². The van der Waals surface area contributed by atoms with Crippen molar-refractivity contribution in [1.82, 2.24) is 0 Å². The van der Waals surface area contributed by atoms with Gasteiger partial charge in [-0.2, -0.15) is 0 Å². The van der Waals surface area contributed by atoms with Crippen LogP contribution in [0.3, 0.4) is 0 Å². The van der Waals surface area contributed by atoms with E-state index in [9.17, 15) is 9.59 Å². The van der Waals surface area contributed by atoms with E-state index in [1.165, 1.54) is 6.92 Å². The van der Waals surface area contributed by atoms with Crippen LogP contribution in [0.1, 0.15) is 18.6 Å². The SMILES string of the molecule is CC(=O)O[C@@H](c1ccccc1)[C@H](Br)C(=O)O. The summed E-state index contributed by atoms with van der Waals surface area (Å²) in [5.41, 5.74) is 0.641. The molecule has 0 amide bonds. The zero-order valence-electron chi connectivity index (χ0n) is 8.59. The summed E-state index contributed by atoms with van der Waals surface area (Å²) in [7, 11) is 0. The Morgan fingerprint density at radius 1 is 1.31 bits per heavy atom. The predicted octanol–water partition coefficient (Wildman–Crippen LogP) is 2.14. The number of aliphatic carboxylic acids is 1. The number of carbonyl (C=O) groups excluding carboxylic acids is 1. The molecular weight excluding hydrogens is 276 g/mol. The van der Waals surface area contributed by atoms with E-state index in [0.29, 0.717) is 5.56 Å². The molecular formula is C11H11BrO4. The third-order valence-electron chi connectivity index (χ3n) is 1.92. The number of benzene rings is 1. The minimum Gasteiger partial charge on any atom is -0.480 e. The topological polar surface area (TPSA) is 63.6 Å². The fraction of sp³-hybridized carbons (Fsp3) is 0.273. The summed E-state index contributed by atoms with van der Waals surface area (Å²) in [6.45, 7) is 1.25. The quantitative estimate of drug-likeness (QED) is 0.680. The summed E-state index contributed by atoms with van der Waals surface area (Å²) in [5, 5.41) is 8.89. The molecule has 86 valence electrons. The highest BCUT2D eigenvalue weighted by Gasteiger charge is 2.29. The number of alkyl halides is 1. The van der Waals surface area contributed by atoms with Crippen LogP contribution in [0.15, 0.2) is 30.3 Å². The van der Waals surface area contributed by atoms with Crippen molar-refractivity contribution < 1.29 is 19.4 Å². The lowest BCUT2D eigenvalue weighted by molar-refractivity contribution is -0.150. The van der Waals surface area contributed by atoms with Crippen LogP contribution in [0.5, 0.6) is 0 Å². The fourth-order valence-electron chi connectivity index (χ4n) is 1.25. The Kier molecular flexibility index (Phi) is 4.49. The molecule has 0 saturated carbocycles. The molecule has 1 aromatic carbocycles. The summed E-state index contributed by atoms with van der Waals surface area (Å²) in [4.78, 5) is 20.8. The second-order valence-electron chi connectivity index (χ2n) is 3.18. The molecule has 0 heterocycles. The van der Waals surface area contributed by atoms with E-state index in [4.69, 9.17) is 9.84 Å². The van der Waals surface area contributed by atoms with Gasteiger partial charge in [0.1, 0.15) is 6.10 Å². The highest BCUT2D eigenvalue weighted by atomic mass is 79.9. The first-order valence-electron chi connectivity index (χ1n) is 4.61. The second-order valence-corrected chi connectivity index (χ2v) is 4.17. The van der Waals surface area contributed by atoms with Gasteiger partial charge in [0.05, 0.1) is 0 Å². The summed E-state index contributed by atoms with van der Waals surface area (Å²) >= 11 is 3.00. The van der Waals surface area contributed by atoms with E-state index in [1.807, 2.05) is 0 Å². The minimum absolute atomic E-state index is 0.514. The Morgan fingerprint density at radius 3 is 2.31 bits per heavy atom. The fourth-order valence-corrected chi connectivity index (χ4v) is 1.66. The lowest BCUT2D eigenvalue weighted by atomic mass is 10.1.